The number of carbonyl (C=O) groups excluding carboxylic acids is 3. The van der Waals surface area contributed by atoms with E-state index in [1.807, 2.05) is 23.9 Å². The van der Waals surface area contributed by atoms with E-state index in [1.165, 1.54) is 119 Å². The number of carbonyl (C=O) groups is 3. The van der Waals surface area contributed by atoms with E-state index >= 15 is 0 Å². The molecule has 5 fully saturated rings. The van der Waals surface area contributed by atoms with E-state index < -0.39 is 17.0 Å². The number of aldehydes is 1. The van der Waals surface area contributed by atoms with Crippen molar-refractivity contribution in [2.45, 2.75) is 190 Å². The Morgan fingerprint density at radius 2 is 1.28 bits per heavy atom. The fraction of sp³-hybridized carbons (Fsp3) is 0.618. The smallest absolute Gasteiger partial charge is 0.245 e. The average Bonchev–Trinajstić information content (AvgIpc) is 3.89. The van der Waals surface area contributed by atoms with Gasteiger partial charge >= 0.3 is 0 Å². The van der Waals surface area contributed by atoms with Crippen molar-refractivity contribution in [1.29, 1.82) is 0 Å². The summed E-state index contributed by atoms with van der Waals surface area (Å²) in [4.78, 5) is 34.7. The molecule has 4 heterocycles. The van der Waals surface area contributed by atoms with Gasteiger partial charge in [0.25, 0.3) is 0 Å². The SMILES string of the molecule is C#C[C@@](C)(CCc1ccsc1)C1CCCCC1.C#C[C@@](C)(N)C1CCCCC1.C[C@@](CCc1ccsc1)(c1cn(C2(C(N)=O)CC2)nn1)C1CCCCC1.Cl.O=Cc1ccsc1.[N-]=[N+]=NC1(C(N)=O)CC1. The molecule has 0 unspecified atom stereocenters. The Hall–Kier alpha value is -4.47. The molecule has 6 N–H and O–H groups in total. The van der Waals surface area contributed by atoms with E-state index in [0.29, 0.717) is 24.7 Å². The van der Waals surface area contributed by atoms with Crippen LogP contribution >= 0.6 is 46.4 Å². The van der Waals surface area contributed by atoms with Crippen LogP contribution in [0.25, 0.3) is 10.4 Å². The number of aryl methyl sites for hydroxylation is 2. The second-order valence-corrected chi connectivity index (χ2v) is 23.2. The number of amides is 2. The normalized spacial score (nSPS) is 20.4. The van der Waals surface area contributed by atoms with Gasteiger partial charge in [0.05, 0.1) is 17.4 Å². The summed E-state index contributed by atoms with van der Waals surface area (Å²) < 4.78 is 1.75. The Kier molecular flexibility index (Phi) is 23.4. The Labute approximate surface area is 441 Å². The molecule has 386 valence electrons. The zero-order chi connectivity index (χ0) is 50.7. The van der Waals surface area contributed by atoms with Gasteiger partial charge in [-0.2, -0.15) is 34.0 Å². The van der Waals surface area contributed by atoms with Gasteiger partial charge in [-0.1, -0.05) is 86.9 Å². The van der Waals surface area contributed by atoms with Gasteiger partial charge in [0.1, 0.15) is 11.1 Å². The molecule has 5 saturated carbocycles. The van der Waals surface area contributed by atoms with Gasteiger partial charge < -0.3 is 17.2 Å². The van der Waals surface area contributed by atoms with E-state index in [4.69, 9.17) is 35.6 Å². The average molecular weight is 1040 g/mol. The predicted octanol–water partition coefficient (Wildman–Crippen LogP) is 12.9. The molecule has 0 aromatic carbocycles. The first-order chi connectivity index (χ1) is 33.6. The van der Waals surface area contributed by atoms with E-state index in [9.17, 15) is 14.4 Å². The van der Waals surface area contributed by atoms with Crippen LogP contribution in [0.15, 0.2) is 61.8 Å². The summed E-state index contributed by atoms with van der Waals surface area (Å²) in [7, 11) is 0. The van der Waals surface area contributed by atoms with Gasteiger partial charge in [0.15, 0.2) is 6.29 Å². The van der Waals surface area contributed by atoms with Crippen LogP contribution in [0, 0.1) is 47.9 Å². The fourth-order valence-corrected chi connectivity index (χ4v) is 12.3. The number of rotatable bonds is 15. The lowest BCUT2D eigenvalue weighted by atomic mass is 9.65. The maximum atomic E-state index is 11.9. The number of halogens is 1. The zero-order valence-electron chi connectivity index (χ0n) is 42.3. The van der Waals surface area contributed by atoms with Gasteiger partial charge in [0, 0.05) is 26.7 Å². The van der Waals surface area contributed by atoms with Gasteiger partial charge in [-0.3, -0.25) is 14.4 Å². The minimum Gasteiger partial charge on any atom is -0.369 e. The second kappa shape index (κ2) is 28.1. The third kappa shape index (κ3) is 16.8. The Morgan fingerprint density at radius 3 is 1.66 bits per heavy atom. The number of azide groups is 1. The number of nitrogens with two attached hydrogens (primary N) is 3. The van der Waals surface area contributed by atoms with Crippen molar-refractivity contribution in [3.8, 4) is 24.7 Å². The quantitative estimate of drug-likeness (QED) is 0.0346. The van der Waals surface area contributed by atoms with Crippen molar-refractivity contribution in [2.24, 2.45) is 45.5 Å². The monoisotopic (exact) mass is 1040 g/mol. The minimum absolute atomic E-state index is 0. The Bertz CT molecular complexity index is 2330. The molecule has 9 rings (SSSR count). The molecule has 5 aliphatic rings. The molecule has 16 heteroatoms. The number of nitrogens with zero attached hydrogens (tertiary/aromatic N) is 6. The molecule has 2 amide bonds. The molecule has 4 aromatic heterocycles. The lowest BCUT2D eigenvalue weighted by Crippen LogP contribution is -2.43. The minimum atomic E-state index is -0.852. The molecule has 0 saturated heterocycles. The van der Waals surface area contributed by atoms with Gasteiger partial charge in [0.2, 0.25) is 11.8 Å². The molecule has 12 nitrogen and oxygen atoms in total. The number of aromatic nitrogens is 3. The number of primary amides is 2. The number of hydrogen-bond donors (Lipinski definition) is 3. The lowest BCUT2D eigenvalue weighted by molar-refractivity contribution is -0.122. The summed E-state index contributed by atoms with van der Waals surface area (Å²) in [6, 6.07) is 6.23. The lowest BCUT2D eigenvalue weighted by Gasteiger charge is -2.38. The summed E-state index contributed by atoms with van der Waals surface area (Å²) in [5.41, 5.74) is 27.4. The highest BCUT2D eigenvalue weighted by Gasteiger charge is 2.52. The Balaban J connectivity index is 0.000000210. The van der Waals surface area contributed by atoms with Gasteiger partial charge in [-0.25, -0.2) is 4.68 Å². The maximum absolute atomic E-state index is 11.9. The van der Waals surface area contributed by atoms with Crippen LogP contribution < -0.4 is 17.2 Å². The van der Waals surface area contributed by atoms with E-state index in [1.54, 1.807) is 33.4 Å². The van der Waals surface area contributed by atoms with Crippen LogP contribution in [0.4, 0.5) is 0 Å². The van der Waals surface area contributed by atoms with Crippen molar-refractivity contribution >= 4 is 64.5 Å². The van der Waals surface area contributed by atoms with Crippen molar-refractivity contribution < 1.29 is 14.4 Å². The largest absolute Gasteiger partial charge is 0.369 e. The first-order valence-electron chi connectivity index (χ1n) is 25.4. The summed E-state index contributed by atoms with van der Waals surface area (Å²) in [6.07, 6.45) is 40.9. The van der Waals surface area contributed by atoms with Crippen LogP contribution in [-0.2, 0) is 33.4 Å². The first-order valence-corrected chi connectivity index (χ1v) is 28.3. The van der Waals surface area contributed by atoms with Gasteiger partial charge in [-0.05, 0) is 183 Å². The molecule has 0 radical (unpaired) electrons. The van der Waals surface area contributed by atoms with Crippen molar-refractivity contribution in [3.63, 3.8) is 0 Å². The fourth-order valence-electron chi connectivity index (χ4n) is 10.3. The topological polar surface area (TPSA) is 209 Å². The third-order valence-electron chi connectivity index (χ3n) is 15.9. The highest BCUT2D eigenvalue weighted by Crippen LogP contribution is 2.47. The summed E-state index contributed by atoms with van der Waals surface area (Å²) in [6.45, 7) is 6.63. The predicted molar refractivity (Wildman–Crippen MR) is 294 cm³/mol. The molecule has 3 atom stereocenters. The molecular formula is C55H78ClN9O3S3. The van der Waals surface area contributed by atoms with Crippen molar-refractivity contribution in [2.75, 3.05) is 0 Å². The van der Waals surface area contributed by atoms with Gasteiger partial charge in [-0.15, -0.1) is 30.4 Å². The van der Waals surface area contributed by atoms with Crippen LogP contribution in [-0.4, -0.2) is 44.2 Å². The number of terminal acetylenes is 2. The molecular weight excluding hydrogens is 966 g/mol. The summed E-state index contributed by atoms with van der Waals surface area (Å²) in [5, 5.41) is 24.7. The Morgan fingerprint density at radius 1 is 0.775 bits per heavy atom. The van der Waals surface area contributed by atoms with Crippen LogP contribution in [0.5, 0.6) is 0 Å². The molecule has 5 aliphatic carbocycles. The highest BCUT2D eigenvalue weighted by molar-refractivity contribution is 7.08. The molecule has 0 spiro atoms. The highest BCUT2D eigenvalue weighted by atomic mass is 35.5. The van der Waals surface area contributed by atoms with Crippen molar-refractivity contribution in [3.05, 3.63) is 89.5 Å². The number of hydrogen-bond acceptors (Lipinski definition) is 10. The standard InChI is InChI=1S/C20H28N4OS.C16H22S.C10H17N.C5H4OS.C4H6N4O.ClH/c1-19(16-5-3-2-4-6-16,9-7-15-8-12-26-14-15)17-13-24(23-22-17)20(10-11-20)18(21)25;1-3-16(2,15-7-5-4-6-8-15)11-9-14-10-12-17-13-14;1-3-10(2,11)9-7-5-4-6-8-9;6-3-5-1-2-7-4-5;5-3(9)4(1-2-4)7-8-6;/h8,12-14,16H,2-7,9-11H2,1H3,(H2,21,25);1,10,12-13,15H,4-9,11H2,2H3;1,9H,4-8,11H2,2H3;1-4H;1-2H2,(H2,5,9);1H/t19-;16-;10-;;;/m001.../s1. The van der Waals surface area contributed by atoms with Crippen LogP contribution in [0.2, 0.25) is 0 Å². The van der Waals surface area contributed by atoms with E-state index in [2.05, 4.69) is 79.7 Å². The zero-order valence-corrected chi connectivity index (χ0v) is 45.5. The van der Waals surface area contributed by atoms with E-state index in [-0.39, 0.29) is 34.7 Å². The first kappa shape index (κ1) is 59.1. The molecule has 71 heavy (non-hydrogen) atoms. The molecule has 0 aliphatic heterocycles. The molecule has 4 aromatic rings. The van der Waals surface area contributed by atoms with Crippen LogP contribution in [0.3, 0.4) is 0 Å². The maximum Gasteiger partial charge on any atom is 0.245 e. The second-order valence-electron chi connectivity index (χ2n) is 20.9. The summed E-state index contributed by atoms with van der Waals surface area (Å²) in [5.74, 6) is 6.94. The van der Waals surface area contributed by atoms with Crippen molar-refractivity contribution in [1.82, 2.24) is 15.0 Å². The molecule has 0 bridgehead atoms. The summed E-state index contributed by atoms with van der Waals surface area (Å²) >= 11 is 5.07. The third-order valence-corrected chi connectivity index (χ3v) is 18.1. The van der Waals surface area contributed by atoms with E-state index in [0.717, 1.165) is 62.0 Å². The van der Waals surface area contributed by atoms with Crippen LogP contribution in [0.1, 0.15) is 183 Å². The number of thiophene rings is 3.